The van der Waals surface area contributed by atoms with Crippen molar-refractivity contribution in [2.75, 3.05) is 11.9 Å². The van der Waals surface area contributed by atoms with Crippen LogP contribution in [0, 0.1) is 5.92 Å². The van der Waals surface area contributed by atoms with Gasteiger partial charge in [0, 0.05) is 25.5 Å². The highest BCUT2D eigenvalue weighted by Gasteiger charge is 2.12. The van der Waals surface area contributed by atoms with Crippen LogP contribution >= 0.6 is 0 Å². The maximum atomic E-state index is 4.32. The first-order chi connectivity index (χ1) is 7.90. The molecule has 1 fully saturated rings. The highest BCUT2D eigenvalue weighted by atomic mass is 15.2. The summed E-state index contributed by atoms with van der Waals surface area (Å²) in [6, 6.07) is 0. The van der Waals surface area contributed by atoms with Gasteiger partial charge in [0.2, 0.25) is 5.95 Å². The summed E-state index contributed by atoms with van der Waals surface area (Å²) < 4.78 is 2.15. The summed E-state index contributed by atoms with van der Waals surface area (Å²) in [6.07, 6.45) is 12.4. The highest BCUT2D eigenvalue weighted by molar-refractivity contribution is 5.25. The molecule has 0 saturated heterocycles. The third kappa shape index (κ3) is 3.00. The Kier molecular flexibility index (Phi) is 4.25. The maximum absolute atomic E-state index is 4.32. The highest BCUT2D eigenvalue weighted by Crippen LogP contribution is 2.26. The van der Waals surface area contributed by atoms with Crippen LogP contribution in [0.5, 0.6) is 0 Å². The summed E-state index contributed by atoms with van der Waals surface area (Å²) in [5, 5.41) is 3.44. The number of nitrogens with one attached hydrogen (secondary N) is 1. The zero-order chi connectivity index (χ0) is 11.2. The van der Waals surface area contributed by atoms with Gasteiger partial charge in [-0.3, -0.25) is 0 Å². The number of aromatic nitrogens is 2. The zero-order valence-corrected chi connectivity index (χ0v) is 10.3. The molecule has 0 aromatic carbocycles. The summed E-state index contributed by atoms with van der Waals surface area (Å²) in [5.74, 6) is 1.98. The van der Waals surface area contributed by atoms with E-state index in [4.69, 9.17) is 0 Å². The molecule has 1 saturated carbocycles. The molecule has 1 N–H and O–H groups in total. The lowest BCUT2D eigenvalue weighted by Crippen LogP contribution is -2.14. The molecule has 90 valence electrons. The molecule has 0 atom stereocenters. The van der Waals surface area contributed by atoms with E-state index in [1.54, 1.807) is 0 Å². The van der Waals surface area contributed by atoms with Crippen LogP contribution in [-0.4, -0.2) is 16.1 Å². The molecule has 3 heteroatoms. The number of nitrogens with zero attached hydrogens (tertiary/aromatic N) is 2. The second-order valence-electron chi connectivity index (χ2n) is 4.76. The number of hydrogen-bond acceptors (Lipinski definition) is 2. The first-order valence-electron chi connectivity index (χ1n) is 6.65. The zero-order valence-electron chi connectivity index (χ0n) is 10.3. The van der Waals surface area contributed by atoms with Crippen molar-refractivity contribution in [2.24, 2.45) is 5.92 Å². The largest absolute Gasteiger partial charge is 0.356 e. The first-order valence-corrected chi connectivity index (χ1v) is 6.65. The average Bonchev–Trinajstić information content (AvgIpc) is 2.78. The van der Waals surface area contributed by atoms with Crippen molar-refractivity contribution in [3.05, 3.63) is 12.4 Å². The van der Waals surface area contributed by atoms with Crippen molar-refractivity contribution < 1.29 is 0 Å². The molecule has 3 nitrogen and oxygen atoms in total. The van der Waals surface area contributed by atoms with E-state index in [2.05, 4.69) is 21.8 Å². The van der Waals surface area contributed by atoms with Crippen molar-refractivity contribution in [3.8, 4) is 0 Å². The Bertz CT molecular complexity index is 300. The van der Waals surface area contributed by atoms with Gasteiger partial charge in [0.15, 0.2) is 0 Å². The quantitative estimate of drug-likeness (QED) is 0.827. The third-order valence-corrected chi connectivity index (χ3v) is 3.62. The molecule has 0 amide bonds. The predicted octanol–water partition coefficient (Wildman–Crippen LogP) is 3.29. The van der Waals surface area contributed by atoms with Gasteiger partial charge in [0.05, 0.1) is 0 Å². The molecule has 1 aliphatic rings. The van der Waals surface area contributed by atoms with Gasteiger partial charge in [-0.15, -0.1) is 0 Å². The number of imidazole rings is 1. The third-order valence-electron chi connectivity index (χ3n) is 3.62. The normalized spacial score (nSPS) is 17.6. The fourth-order valence-electron chi connectivity index (χ4n) is 2.60. The van der Waals surface area contributed by atoms with E-state index >= 15 is 0 Å². The molecule has 0 aliphatic heterocycles. The van der Waals surface area contributed by atoms with Gasteiger partial charge in [-0.1, -0.05) is 32.1 Å². The summed E-state index contributed by atoms with van der Waals surface area (Å²) in [6.45, 7) is 4.21. The number of hydrogen-bond donors (Lipinski definition) is 1. The minimum absolute atomic E-state index is 0.950. The summed E-state index contributed by atoms with van der Waals surface area (Å²) in [4.78, 5) is 4.32. The van der Waals surface area contributed by atoms with Crippen LogP contribution in [0.2, 0.25) is 0 Å². The van der Waals surface area contributed by atoms with Crippen molar-refractivity contribution in [1.29, 1.82) is 0 Å². The van der Waals surface area contributed by atoms with Crippen LogP contribution in [-0.2, 0) is 6.54 Å². The standard InChI is InChI=1S/C13H23N3/c1-2-16-11-10-15-13(16)14-9-8-12-6-4-3-5-7-12/h10-12H,2-9H2,1H3,(H,14,15). The molecule has 0 spiro atoms. The molecular formula is C13H23N3. The fraction of sp³-hybridized carbons (Fsp3) is 0.769. The lowest BCUT2D eigenvalue weighted by molar-refractivity contribution is 0.345. The Hall–Kier alpha value is -0.990. The Morgan fingerprint density at radius 2 is 2.19 bits per heavy atom. The Labute approximate surface area is 98.3 Å². The SMILES string of the molecule is CCn1ccnc1NCCC1CCCCC1. The molecule has 16 heavy (non-hydrogen) atoms. The Morgan fingerprint density at radius 3 is 2.94 bits per heavy atom. The summed E-state index contributed by atoms with van der Waals surface area (Å²) in [7, 11) is 0. The van der Waals surface area contributed by atoms with E-state index < -0.39 is 0 Å². The molecule has 2 rings (SSSR count). The van der Waals surface area contributed by atoms with E-state index in [-0.39, 0.29) is 0 Å². The van der Waals surface area contributed by atoms with Gasteiger partial charge < -0.3 is 9.88 Å². The van der Waals surface area contributed by atoms with Crippen LogP contribution in [0.25, 0.3) is 0 Å². The van der Waals surface area contributed by atoms with Crippen LogP contribution < -0.4 is 5.32 Å². The minimum Gasteiger partial charge on any atom is -0.356 e. The molecule has 1 heterocycles. The molecular weight excluding hydrogens is 198 g/mol. The van der Waals surface area contributed by atoms with Crippen molar-refractivity contribution >= 4 is 5.95 Å². The molecule has 0 radical (unpaired) electrons. The maximum Gasteiger partial charge on any atom is 0.202 e. The summed E-state index contributed by atoms with van der Waals surface area (Å²) in [5.41, 5.74) is 0. The van der Waals surface area contributed by atoms with E-state index in [9.17, 15) is 0 Å². The lowest BCUT2D eigenvalue weighted by Gasteiger charge is -2.21. The van der Waals surface area contributed by atoms with Gasteiger partial charge in [0.25, 0.3) is 0 Å². The van der Waals surface area contributed by atoms with E-state index in [1.807, 2.05) is 12.4 Å². The van der Waals surface area contributed by atoms with E-state index in [0.717, 1.165) is 25.0 Å². The van der Waals surface area contributed by atoms with Gasteiger partial charge in [-0.25, -0.2) is 4.98 Å². The van der Waals surface area contributed by atoms with Gasteiger partial charge >= 0.3 is 0 Å². The van der Waals surface area contributed by atoms with E-state index in [1.165, 1.54) is 38.5 Å². The predicted molar refractivity (Wildman–Crippen MR) is 67.6 cm³/mol. The van der Waals surface area contributed by atoms with Crippen LogP contribution in [0.15, 0.2) is 12.4 Å². The fourth-order valence-corrected chi connectivity index (χ4v) is 2.60. The van der Waals surface area contributed by atoms with Gasteiger partial charge in [-0.2, -0.15) is 0 Å². The van der Waals surface area contributed by atoms with E-state index in [0.29, 0.717) is 0 Å². The smallest absolute Gasteiger partial charge is 0.202 e. The summed E-state index contributed by atoms with van der Waals surface area (Å²) >= 11 is 0. The molecule has 1 aliphatic carbocycles. The monoisotopic (exact) mass is 221 g/mol. The molecule has 1 aromatic rings. The second-order valence-corrected chi connectivity index (χ2v) is 4.76. The second kappa shape index (κ2) is 5.92. The van der Waals surface area contributed by atoms with Crippen LogP contribution in [0.4, 0.5) is 5.95 Å². The average molecular weight is 221 g/mol. The minimum atomic E-state index is 0.950. The lowest BCUT2D eigenvalue weighted by atomic mass is 9.87. The Morgan fingerprint density at radius 1 is 1.38 bits per heavy atom. The topological polar surface area (TPSA) is 29.9 Å². The van der Waals surface area contributed by atoms with Crippen molar-refractivity contribution in [1.82, 2.24) is 9.55 Å². The Balaban J connectivity index is 1.71. The van der Waals surface area contributed by atoms with Gasteiger partial charge in [-0.05, 0) is 19.3 Å². The van der Waals surface area contributed by atoms with Crippen molar-refractivity contribution in [3.63, 3.8) is 0 Å². The first kappa shape index (κ1) is 11.5. The van der Waals surface area contributed by atoms with Crippen LogP contribution in [0.1, 0.15) is 45.4 Å². The molecule has 1 aromatic heterocycles. The number of aryl methyl sites for hydroxylation is 1. The molecule has 0 bridgehead atoms. The number of rotatable bonds is 5. The molecule has 0 unspecified atom stereocenters. The van der Waals surface area contributed by atoms with Gasteiger partial charge in [0.1, 0.15) is 0 Å². The number of anilines is 1. The van der Waals surface area contributed by atoms with Crippen LogP contribution in [0.3, 0.4) is 0 Å². The van der Waals surface area contributed by atoms with Crippen molar-refractivity contribution in [2.45, 2.75) is 52.0 Å².